The molecule has 116 valence electrons. The molecule has 0 spiro atoms. The third kappa shape index (κ3) is 2.73. The normalized spacial score (nSPS) is 14.9. The molecule has 2 amide bonds. The number of anilines is 1. The number of hydrogen-bond acceptors (Lipinski definition) is 6. The van der Waals surface area contributed by atoms with Crippen LogP contribution in [0, 0.1) is 6.92 Å². The van der Waals surface area contributed by atoms with E-state index in [4.69, 9.17) is 0 Å². The van der Waals surface area contributed by atoms with Gasteiger partial charge in [0, 0.05) is 12.8 Å². The molecule has 1 aliphatic heterocycles. The lowest BCUT2D eigenvalue weighted by Crippen LogP contribution is -2.38. The summed E-state index contributed by atoms with van der Waals surface area (Å²) in [6.07, 6.45) is 1.48. The molecular formula is C13H16N6O2S. The van der Waals surface area contributed by atoms with E-state index < -0.39 is 0 Å². The van der Waals surface area contributed by atoms with E-state index in [2.05, 4.69) is 16.2 Å². The van der Waals surface area contributed by atoms with Crippen molar-refractivity contribution in [2.24, 2.45) is 0 Å². The van der Waals surface area contributed by atoms with Crippen molar-refractivity contribution in [3.63, 3.8) is 0 Å². The highest BCUT2D eigenvalue weighted by Gasteiger charge is 2.28. The molecule has 8 nitrogen and oxygen atoms in total. The second-order valence-corrected chi connectivity index (χ2v) is 5.83. The Labute approximate surface area is 131 Å². The summed E-state index contributed by atoms with van der Waals surface area (Å²) >= 11 is 1.49. The Morgan fingerprint density at radius 2 is 2.14 bits per heavy atom. The number of nitrogens with one attached hydrogen (secondary N) is 2. The standard InChI is InChI=1S/C13H16N6O2S/c1-9-4-3-5-11(19-13(20)17(2)15-16-19)10(9)8-22-12-6-7-18(21)14-12/h3-7,15-16,21H,8H2,1-2H3. The smallest absolute Gasteiger partial charge is 0.355 e. The first kappa shape index (κ1) is 14.7. The predicted molar refractivity (Wildman–Crippen MR) is 82.1 cm³/mol. The maximum absolute atomic E-state index is 12.1. The summed E-state index contributed by atoms with van der Waals surface area (Å²) in [4.78, 5) is 12.9. The van der Waals surface area contributed by atoms with Crippen molar-refractivity contribution in [1.29, 1.82) is 0 Å². The van der Waals surface area contributed by atoms with E-state index in [-0.39, 0.29) is 6.03 Å². The largest absolute Gasteiger partial charge is 0.412 e. The summed E-state index contributed by atoms with van der Waals surface area (Å²) in [6, 6.07) is 7.35. The molecule has 0 unspecified atom stereocenters. The van der Waals surface area contributed by atoms with Gasteiger partial charge in [-0.1, -0.05) is 23.9 Å². The van der Waals surface area contributed by atoms with E-state index in [9.17, 15) is 10.0 Å². The molecule has 0 aliphatic carbocycles. The fourth-order valence-corrected chi connectivity index (χ4v) is 3.11. The summed E-state index contributed by atoms with van der Waals surface area (Å²) in [5.74, 6) is 0.633. The van der Waals surface area contributed by atoms with Gasteiger partial charge in [-0.25, -0.2) is 14.8 Å². The molecule has 1 aromatic heterocycles. The molecule has 2 aromatic rings. The fraction of sp³-hybridized carbons (Fsp3) is 0.231. The SMILES string of the molecule is Cc1cccc(N2NNN(C)C2=O)c1CSc1ccn(O)n1. The Morgan fingerprint density at radius 3 is 2.77 bits per heavy atom. The minimum Gasteiger partial charge on any atom is -0.412 e. The lowest BCUT2D eigenvalue weighted by atomic mass is 10.1. The van der Waals surface area contributed by atoms with E-state index in [1.54, 1.807) is 13.1 Å². The van der Waals surface area contributed by atoms with E-state index in [1.165, 1.54) is 28.0 Å². The van der Waals surface area contributed by atoms with Crippen molar-refractivity contribution in [3.8, 4) is 0 Å². The summed E-state index contributed by atoms with van der Waals surface area (Å²) in [5, 5.41) is 16.7. The minimum atomic E-state index is -0.184. The van der Waals surface area contributed by atoms with Gasteiger partial charge in [-0.2, -0.15) is 0 Å². The molecule has 1 saturated heterocycles. The Bertz CT molecular complexity index is 704. The van der Waals surface area contributed by atoms with Gasteiger partial charge in [-0.3, -0.25) is 0 Å². The predicted octanol–water partition coefficient (Wildman–Crippen LogP) is 1.52. The molecule has 0 saturated carbocycles. The number of aryl methyl sites for hydroxylation is 1. The Morgan fingerprint density at radius 1 is 1.32 bits per heavy atom. The maximum Gasteiger partial charge on any atom is 0.355 e. The van der Waals surface area contributed by atoms with Crippen LogP contribution in [0.1, 0.15) is 11.1 Å². The average molecular weight is 320 g/mol. The first-order valence-electron chi connectivity index (χ1n) is 6.61. The van der Waals surface area contributed by atoms with E-state index in [0.717, 1.165) is 21.7 Å². The Balaban J connectivity index is 1.85. The number of urea groups is 1. The number of nitrogens with zero attached hydrogens (tertiary/aromatic N) is 4. The van der Waals surface area contributed by atoms with Gasteiger partial charge in [-0.05, 0) is 30.2 Å². The molecule has 1 fully saturated rings. The van der Waals surface area contributed by atoms with Crippen LogP contribution in [-0.4, -0.2) is 33.2 Å². The van der Waals surface area contributed by atoms with Crippen LogP contribution >= 0.6 is 11.8 Å². The molecule has 3 rings (SSSR count). The number of hydrogen-bond donors (Lipinski definition) is 3. The zero-order chi connectivity index (χ0) is 15.7. The summed E-state index contributed by atoms with van der Waals surface area (Å²) < 4.78 is 0. The number of carbonyl (C=O) groups excluding carboxylic acids is 1. The summed E-state index contributed by atoms with van der Waals surface area (Å²) in [6.45, 7) is 2.00. The van der Waals surface area contributed by atoms with Gasteiger partial charge in [0.1, 0.15) is 5.03 Å². The molecule has 2 heterocycles. The van der Waals surface area contributed by atoms with Crippen molar-refractivity contribution in [1.82, 2.24) is 26.0 Å². The molecule has 0 bridgehead atoms. The molecule has 22 heavy (non-hydrogen) atoms. The Hall–Kier alpha value is -2.23. The molecular weight excluding hydrogens is 304 g/mol. The number of hydrazine groups is 3. The number of thioether (sulfide) groups is 1. The van der Waals surface area contributed by atoms with Crippen molar-refractivity contribution in [2.75, 3.05) is 12.1 Å². The Kier molecular flexibility index (Phi) is 3.92. The van der Waals surface area contributed by atoms with Crippen molar-refractivity contribution >= 4 is 23.5 Å². The number of carbonyl (C=O) groups is 1. The van der Waals surface area contributed by atoms with E-state index in [1.807, 2.05) is 25.1 Å². The molecule has 0 radical (unpaired) electrons. The number of amides is 2. The van der Waals surface area contributed by atoms with Gasteiger partial charge >= 0.3 is 6.03 Å². The average Bonchev–Trinajstić information content (AvgIpc) is 3.05. The fourth-order valence-electron chi connectivity index (χ4n) is 2.14. The van der Waals surface area contributed by atoms with Gasteiger partial charge in [0.25, 0.3) is 0 Å². The van der Waals surface area contributed by atoms with Gasteiger partial charge in [0.2, 0.25) is 0 Å². The van der Waals surface area contributed by atoms with Crippen molar-refractivity contribution < 1.29 is 10.0 Å². The first-order valence-corrected chi connectivity index (χ1v) is 7.60. The van der Waals surface area contributed by atoms with Gasteiger partial charge in [0.15, 0.2) is 0 Å². The third-order valence-corrected chi connectivity index (χ3v) is 4.30. The van der Waals surface area contributed by atoms with Crippen LogP contribution in [-0.2, 0) is 5.75 Å². The summed E-state index contributed by atoms with van der Waals surface area (Å²) in [7, 11) is 1.65. The lowest BCUT2D eigenvalue weighted by Gasteiger charge is -2.19. The van der Waals surface area contributed by atoms with Crippen LogP contribution in [0.25, 0.3) is 0 Å². The van der Waals surface area contributed by atoms with Crippen LogP contribution in [0.2, 0.25) is 0 Å². The maximum atomic E-state index is 12.1. The topological polar surface area (TPSA) is 85.7 Å². The zero-order valence-corrected chi connectivity index (χ0v) is 13.0. The third-order valence-electron chi connectivity index (χ3n) is 3.35. The monoisotopic (exact) mass is 320 g/mol. The summed E-state index contributed by atoms with van der Waals surface area (Å²) in [5.41, 5.74) is 8.48. The van der Waals surface area contributed by atoms with Gasteiger partial charge < -0.3 is 5.21 Å². The molecule has 1 aliphatic rings. The van der Waals surface area contributed by atoms with Crippen LogP contribution < -0.4 is 16.1 Å². The number of aromatic nitrogens is 2. The van der Waals surface area contributed by atoms with Crippen LogP contribution in [0.4, 0.5) is 10.5 Å². The molecule has 9 heteroatoms. The lowest BCUT2D eigenvalue weighted by molar-refractivity contribution is 0.145. The number of benzene rings is 1. The van der Waals surface area contributed by atoms with E-state index >= 15 is 0 Å². The zero-order valence-electron chi connectivity index (χ0n) is 12.1. The van der Waals surface area contributed by atoms with Gasteiger partial charge in [0.05, 0.1) is 11.9 Å². The van der Waals surface area contributed by atoms with E-state index in [0.29, 0.717) is 10.8 Å². The van der Waals surface area contributed by atoms with Crippen molar-refractivity contribution in [3.05, 3.63) is 41.6 Å². The number of rotatable bonds is 4. The van der Waals surface area contributed by atoms with Crippen molar-refractivity contribution in [2.45, 2.75) is 17.7 Å². The highest BCUT2D eigenvalue weighted by atomic mass is 32.2. The van der Waals surface area contributed by atoms with Gasteiger partial charge in [-0.15, -0.1) is 21.0 Å². The van der Waals surface area contributed by atoms with Crippen LogP contribution in [0.15, 0.2) is 35.5 Å². The van der Waals surface area contributed by atoms with Crippen LogP contribution in [0.3, 0.4) is 0 Å². The minimum absolute atomic E-state index is 0.184. The highest BCUT2D eigenvalue weighted by Crippen LogP contribution is 2.30. The second-order valence-electron chi connectivity index (χ2n) is 4.84. The quantitative estimate of drug-likeness (QED) is 0.585. The molecule has 0 atom stereocenters. The second kappa shape index (κ2) is 5.87. The molecule has 1 aromatic carbocycles. The highest BCUT2D eigenvalue weighted by molar-refractivity contribution is 7.98. The first-order chi connectivity index (χ1) is 10.6. The molecule has 3 N–H and O–H groups in total. The van der Waals surface area contributed by atoms with Crippen LogP contribution in [0.5, 0.6) is 0 Å².